The Morgan fingerprint density at radius 3 is 2.26 bits per heavy atom. The van der Waals surface area contributed by atoms with E-state index in [9.17, 15) is 9.59 Å². The average molecular weight is 476 g/mol. The molecule has 1 heterocycles. The monoisotopic (exact) mass is 475 g/mol. The van der Waals surface area contributed by atoms with E-state index in [2.05, 4.69) is 38.3 Å². The summed E-state index contributed by atoms with van der Waals surface area (Å²) in [5.41, 5.74) is 4.51. The highest BCUT2D eigenvalue weighted by Crippen LogP contribution is 2.27. The van der Waals surface area contributed by atoms with Crippen LogP contribution in [-0.4, -0.2) is 39.2 Å². The van der Waals surface area contributed by atoms with Crippen LogP contribution in [0.3, 0.4) is 0 Å². The van der Waals surface area contributed by atoms with Gasteiger partial charge in [-0.1, -0.05) is 58.0 Å². The molecular weight excluding hydrogens is 438 g/mol. The molecule has 0 radical (unpaired) electrons. The second-order valence-corrected chi connectivity index (χ2v) is 10.1. The summed E-state index contributed by atoms with van der Waals surface area (Å²) in [5, 5.41) is 10.7. The Labute approximate surface area is 208 Å². The van der Waals surface area contributed by atoms with Crippen LogP contribution in [0.1, 0.15) is 58.4 Å². The minimum atomic E-state index is -0.317. The molecule has 0 saturated heterocycles. The maximum absolute atomic E-state index is 13.1. The van der Waals surface area contributed by atoms with Crippen molar-refractivity contribution >= 4 is 23.4 Å². The van der Waals surface area contributed by atoms with E-state index in [1.165, 1.54) is 10.5 Å². The molecule has 1 aromatic heterocycles. The quantitative estimate of drug-likeness (QED) is 0.445. The van der Waals surface area contributed by atoms with Crippen molar-refractivity contribution in [1.82, 2.24) is 14.7 Å². The summed E-state index contributed by atoms with van der Waals surface area (Å²) >= 11 is 0. The zero-order valence-electron chi connectivity index (χ0n) is 21.8. The lowest BCUT2D eigenvalue weighted by Crippen LogP contribution is -2.44. The molecule has 0 saturated carbocycles. The normalized spacial score (nSPS) is 11.4. The predicted molar refractivity (Wildman–Crippen MR) is 142 cm³/mol. The van der Waals surface area contributed by atoms with Gasteiger partial charge in [0.25, 0.3) is 0 Å². The summed E-state index contributed by atoms with van der Waals surface area (Å²) in [7, 11) is 0. The van der Waals surface area contributed by atoms with Gasteiger partial charge in [0.05, 0.1) is 11.4 Å². The molecule has 2 N–H and O–H groups in total. The number of rotatable bonds is 7. The highest BCUT2D eigenvalue weighted by atomic mass is 16.2. The summed E-state index contributed by atoms with van der Waals surface area (Å²) in [6.45, 7) is 14.0. The van der Waals surface area contributed by atoms with Crippen molar-refractivity contribution in [3.05, 3.63) is 71.4 Å². The molecule has 7 heteroatoms. The first-order chi connectivity index (χ1) is 16.5. The molecule has 3 aromatic rings. The highest BCUT2D eigenvalue weighted by Gasteiger charge is 2.24. The van der Waals surface area contributed by atoms with Crippen molar-refractivity contribution in [2.24, 2.45) is 0 Å². The van der Waals surface area contributed by atoms with Crippen molar-refractivity contribution in [3.8, 4) is 5.69 Å². The lowest BCUT2D eigenvalue weighted by Gasteiger charge is -2.26. The van der Waals surface area contributed by atoms with Gasteiger partial charge in [-0.05, 0) is 56.5 Å². The van der Waals surface area contributed by atoms with Gasteiger partial charge in [0.2, 0.25) is 5.91 Å². The lowest BCUT2D eigenvalue weighted by molar-refractivity contribution is -0.117. The van der Waals surface area contributed by atoms with Crippen LogP contribution in [0.5, 0.6) is 0 Å². The summed E-state index contributed by atoms with van der Waals surface area (Å²) in [6.07, 6.45) is 0.933. The number of aryl methyl sites for hydroxylation is 2. The second kappa shape index (κ2) is 10.8. The Morgan fingerprint density at radius 1 is 1.03 bits per heavy atom. The summed E-state index contributed by atoms with van der Waals surface area (Å²) in [6, 6.07) is 17.1. The van der Waals surface area contributed by atoms with Gasteiger partial charge in [-0.2, -0.15) is 5.10 Å². The minimum absolute atomic E-state index is 0.0830. The Morgan fingerprint density at radius 2 is 1.69 bits per heavy atom. The number of para-hydroxylation sites is 1. The van der Waals surface area contributed by atoms with Crippen molar-refractivity contribution < 1.29 is 9.59 Å². The van der Waals surface area contributed by atoms with E-state index >= 15 is 0 Å². The van der Waals surface area contributed by atoms with Crippen molar-refractivity contribution in [2.75, 3.05) is 17.2 Å². The third kappa shape index (κ3) is 6.50. The summed E-state index contributed by atoms with van der Waals surface area (Å²) in [5.74, 6) is 0.291. The zero-order valence-corrected chi connectivity index (χ0v) is 21.8. The smallest absolute Gasteiger partial charge is 0.313 e. The van der Waals surface area contributed by atoms with Crippen molar-refractivity contribution in [3.63, 3.8) is 0 Å². The zero-order chi connectivity index (χ0) is 25.8. The van der Waals surface area contributed by atoms with Gasteiger partial charge < -0.3 is 15.5 Å². The molecule has 35 heavy (non-hydrogen) atoms. The van der Waals surface area contributed by atoms with Crippen LogP contribution in [0.2, 0.25) is 0 Å². The molecule has 0 aliphatic heterocycles. The Bertz CT molecular complexity index is 1170. The van der Waals surface area contributed by atoms with E-state index in [0.29, 0.717) is 11.5 Å². The number of nitrogens with one attached hydrogen (secondary N) is 2. The number of nitrogens with zero attached hydrogens (tertiary/aromatic N) is 3. The maximum atomic E-state index is 13.1. The molecule has 2 aromatic carbocycles. The Balaban J connectivity index is 1.80. The van der Waals surface area contributed by atoms with Crippen LogP contribution >= 0.6 is 0 Å². The first-order valence-corrected chi connectivity index (χ1v) is 12.1. The lowest BCUT2D eigenvalue weighted by atomic mass is 9.92. The van der Waals surface area contributed by atoms with Gasteiger partial charge in [0.1, 0.15) is 12.4 Å². The van der Waals surface area contributed by atoms with E-state index in [1.54, 1.807) is 4.68 Å². The summed E-state index contributed by atoms with van der Waals surface area (Å²) < 4.78 is 1.77. The molecule has 0 atom stereocenters. The van der Waals surface area contributed by atoms with Crippen LogP contribution in [0.4, 0.5) is 16.3 Å². The minimum Gasteiger partial charge on any atom is -0.313 e. The standard InChI is InChI=1S/C28H37N5O2/c1-8-21-13-15-22(16-14-21)29-27(35)32(19(2)3)18-26(34)30-25-17-24(28(5,6)7)31-33(25)23-12-10-9-11-20(23)4/h9-17,19H,8,18H2,1-7H3,(H,29,35)(H,30,34). The average Bonchev–Trinajstić information content (AvgIpc) is 3.22. The van der Waals surface area contributed by atoms with Gasteiger partial charge in [-0.3, -0.25) is 4.79 Å². The number of aromatic nitrogens is 2. The molecule has 0 unspecified atom stereocenters. The molecular formula is C28H37N5O2. The van der Waals surface area contributed by atoms with Crippen LogP contribution in [0.15, 0.2) is 54.6 Å². The third-order valence-corrected chi connectivity index (χ3v) is 5.90. The number of carbonyl (C=O) groups excluding carboxylic acids is 2. The van der Waals surface area contributed by atoms with Crippen LogP contribution in [0.25, 0.3) is 5.69 Å². The Kier molecular flexibility index (Phi) is 7.99. The molecule has 0 spiro atoms. The van der Waals surface area contributed by atoms with Crippen LogP contribution < -0.4 is 10.6 Å². The molecule has 0 aliphatic carbocycles. The van der Waals surface area contributed by atoms with Gasteiger partial charge in [0.15, 0.2) is 0 Å². The fourth-order valence-electron chi connectivity index (χ4n) is 3.67. The van der Waals surface area contributed by atoms with Gasteiger partial charge in [-0.25, -0.2) is 9.48 Å². The van der Waals surface area contributed by atoms with Gasteiger partial charge >= 0.3 is 6.03 Å². The van der Waals surface area contributed by atoms with Gasteiger partial charge in [-0.15, -0.1) is 0 Å². The van der Waals surface area contributed by atoms with E-state index in [1.807, 2.05) is 75.4 Å². The van der Waals surface area contributed by atoms with E-state index < -0.39 is 0 Å². The van der Waals surface area contributed by atoms with Crippen molar-refractivity contribution in [1.29, 1.82) is 0 Å². The number of anilines is 2. The number of amides is 3. The molecule has 0 bridgehead atoms. The predicted octanol–water partition coefficient (Wildman–Crippen LogP) is 5.92. The number of hydrogen-bond donors (Lipinski definition) is 2. The van der Waals surface area contributed by atoms with Crippen molar-refractivity contribution in [2.45, 2.75) is 66.3 Å². The second-order valence-electron chi connectivity index (χ2n) is 10.1. The molecule has 0 fully saturated rings. The van der Waals surface area contributed by atoms with E-state index in [4.69, 9.17) is 5.10 Å². The highest BCUT2D eigenvalue weighted by molar-refractivity contribution is 5.97. The number of urea groups is 1. The number of carbonyl (C=O) groups is 2. The number of benzene rings is 2. The van der Waals surface area contributed by atoms with Crippen LogP contribution in [-0.2, 0) is 16.6 Å². The number of hydrogen-bond acceptors (Lipinski definition) is 3. The molecule has 0 aliphatic rings. The SMILES string of the molecule is CCc1ccc(NC(=O)N(CC(=O)Nc2cc(C(C)(C)C)nn2-c2ccccc2C)C(C)C)cc1. The molecule has 3 amide bonds. The molecule has 7 nitrogen and oxygen atoms in total. The fraction of sp³-hybridized carbons (Fsp3) is 0.393. The molecule has 186 valence electrons. The largest absolute Gasteiger partial charge is 0.322 e. The Hall–Kier alpha value is -3.61. The maximum Gasteiger partial charge on any atom is 0.322 e. The third-order valence-electron chi connectivity index (χ3n) is 5.90. The first-order valence-electron chi connectivity index (χ1n) is 12.1. The molecule has 3 rings (SSSR count). The van der Waals surface area contributed by atoms with E-state index in [-0.39, 0.29) is 29.9 Å². The van der Waals surface area contributed by atoms with E-state index in [0.717, 1.165) is 23.4 Å². The first kappa shape index (κ1) is 26.0. The summed E-state index contributed by atoms with van der Waals surface area (Å²) in [4.78, 5) is 27.6. The fourth-order valence-corrected chi connectivity index (χ4v) is 3.67. The van der Waals surface area contributed by atoms with Gasteiger partial charge in [0, 0.05) is 23.2 Å². The van der Waals surface area contributed by atoms with Crippen LogP contribution in [0, 0.1) is 6.92 Å². The topological polar surface area (TPSA) is 79.3 Å².